The number of hydrogen-bond acceptors (Lipinski definition) is 6. The fourth-order valence-electron chi connectivity index (χ4n) is 2.62. The lowest BCUT2D eigenvalue weighted by atomic mass is 10.1. The van der Waals surface area contributed by atoms with Crippen molar-refractivity contribution in [2.24, 2.45) is 0 Å². The highest BCUT2D eigenvalue weighted by atomic mass is 16.5. The lowest BCUT2D eigenvalue weighted by molar-refractivity contribution is 0.0439. The average molecular weight is 357 g/mol. The van der Waals surface area contributed by atoms with Gasteiger partial charge in [0.05, 0.1) is 11.9 Å². The zero-order valence-electron chi connectivity index (χ0n) is 14.3. The molecule has 0 aliphatic rings. The second kappa shape index (κ2) is 7.61. The molecule has 0 atom stereocenters. The third-order valence-corrected chi connectivity index (χ3v) is 3.92. The molecule has 2 heterocycles. The van der Waals surface area contributed by atoms with E-state index in [1.165, 1.54) is 12.5 Å². The lowest BCUT2D eigenvalue weighted by Gasteiger charge is -2.07. The summed E-state index contributed by atoms with van der Waals surface area (Å²) in [4.78, 5) is 24.8. The summed E-state index contributed by atoms with van der Waals surface area (Å²) >= 11 is 0. The molecule has 2 aromatic carbocycles. The molecule has 6 nitrogen and oxygen atoms in total. The van der Waals surface area contributed by atoms with Crippen LogP contribution in [0.5, 0.6) is 0 Å². The van der Waals surface area contributed by atoms with Gasteiger partial charge in [-0.3, -0.25) is 0 Å². The van der Waals surface area contributed by atoms with Gasteiger partial charge in [0.1, 0.15) is 11.9 Å². The van der Waals surface area contributed by atoms with Crippen LogP contribution in [-0.4, -0.2) is 20.9 Å². The van der Waals surface area contributed by atoms with Crippen molar-refractivity contribution in [2.45, 2.75) is 6.61 Å². The fraction of sp³-hybridized carbons (Fsp3) is 0.0476. The maximum absolute atomic E-state index is 12.5. The predicted molar refractivity (Wildman–Crippen MR) is 98.5 cm³/mol. The second-order valence-corrected chi connectivity index (χ2v) is 5.71. The molecule has 0 aliphatic heterocycles. The van der Waals surface area contributed by atoms with Crippen molar-refractivity contribution in [3.05, 3.63) is 90.8 Å². The van der Waals surface area contributed by atoms with E-state index in [9.17, 15) is 4.79 Å². The minimum absolute atomic E-state index is 0.0746. The Balaban J connectivity index is 1.49. The molecule has 0 radical (unpaired) electrons. The van der Waals surface area contributed by atoms with Crippen LogP contribution in [0.1, 0.15) is 16.2 Å². The van der Waals surface area contributed by atoms with E-state index in [1.807, 2.05) is 60.7 Å². The zero-order chi connectivity index (χ0) is 18.5. The molecule has 2 aromatic heterocycles. The van der Waals surface area contributed by atoms with Gasteiger partial charge in [0, 0.05) is 17.3 Å². The number of benzene rings is 2. The Labute approximate surface area is 155 Å². The lowest BCUT2D eigenvalue weighted by Crippen LogP contribution is -2.08. The Bertz CT molecular complexity index is 1050. The number of carbonyl (C=O) groups is 1. The molecular weight excluding hydrogens is 342 g/mol. The number of nitrogens with zero attached hydrogens (tertiary/aromatic N) is 3. The normalized spacial score (nSPS) is 10.5. The van der Waals surface area contributed by atoms with Gasteiger partial charge >= 0.3 is 5.97 Å². The molecule has 132 valence electrons. The van der Waals surface area contributed by atoms with E-state index in [2.05, 4.69) is 15.0 Å². The molecule has 0 bridgehead atoms. The van der Waals surface area contributed by atoms with E-state index >= 15 is 0 Å². The van der Waals surface area contributed by atoms with E-state index in [1.54, 1.807) is 6.20 Å². The molecule has 27 heavy (non-hydrogen) atoms. The summed E-state index contributed by atoms with van der Waals surface area (Å²) in [7, 11) is 0. The molecule has 0 unspecified atom stereocenters. The first kappa shape index (κ1) is 16.7. The van der Waals surface area contributed by atoms with Crippen LogP contribution in [0.2, 0.25) is 0 Å². The Kier molecular flexibility index (Phi) is 4.70. The fourth-order valence-corrected chi connectivity index (χ4v) is 2.62. The van der Waals surface area contributed by atoms with Gasteiger partial charge in [-0.1, -0.05) is 60.7 Å². The van der Waals surface area contributed by atoms with E-state index < -0.39 is 5.97 Å². The molecular formula is C21H15N3O3. The molecule has 0 saturated carbocycles. The molecule has 0 saturated heterocycles. The highest BCUT2D eigenvalue weighted by Gasteiger charge is 2.17. The highest BCUT2D eigenvalue weighted by molar-refractivity contribution is 5.95. The Morgan fingerprint density at radius 2 is 1.59 bits per heavy atom. The molecule has 0 aliphatic carbocycles. The van der Waals surface area contributed by atoms with Crippen molar-refractivity contribution in [3.63, 3.8) is 0 Å². The summed E-state index contributed by atoms with van der Waals surface area (Å²) in [5.41, 5.74) is 2.53. The molecule has 0 N–H and O–H groups in total. The number of oxazole rings is 1. The largest absolute Gasteiger partial charge is 0.452 e. The van der Waals surface area contributed by atoms with Gasteiger partial charge in [-0.15, -0.1) is 0 Å². The maximum Gasteiger partial charge on any atom is 0.342 e. The topological polar surface area (TPSA) is 78.1 Å². The Morgan fingerprint density at radius 1 is 0.889 bits per heavy atom. The van der Waals surface area contributed by atoms with Gasteiger partial charge in [0.15, 0.2) is 12.4 Å². The van der Waals surface area contributed by atoms with Gasteiger partial charge in [-0.25, -0.2) is 19.7 Å². The first-order valence-electron chi connectivity index (χ1n) is 8.34. The maximum atomic E-state index is 12.5. The highest BCUT2D eigenvalue weighted by Crippen LogP contribution is 2.22. The zero-order valence-corrected chi connectivity index (χ0v) is 14.3. The van der Waals surface area contributed by atoms with Gasteiger partial charge in [0.25, 0.3) is 0 Å². The number of ether oxygens (including phenoxy) is 1. The Hall–Kier alpha value is -3.80. The summed E-state index contributed by atoms with van der Waals surface area (Å²) in [6.07, 6.45) is 4.46. The summed E-state index contributed by atoms with van der Waals surface area (Å²) < 4.78 is 11.0. The minimum Gasteiger partial charge on any atom is -0.452 e. The van der Waals surface area contributed by atoms with E-state index in [0.717, 1.165) is 11.1 Å². The molecule has 4 rings (SSSR count). The van der Waals surface area contributed by atoms with Crippen LogP contribution in [-0.2, 0) is 11.3 Å². The van der Waals surface area contributed by atoms with Crippen molar-refractivity contribution in [1.82, 2.24) is 15.0 Å². The van der Waals surface area contributed by atoms with Crippen molar-refractivity contribution >= 4 is 5.97 Å². The van der Waals surface area contributed by atoms with Crippen LogP contribution >= 0.6 is 0 Å². The average Bonchev–Trinajstić information content (AvgIpc) is 3.22. The predicted octanol–water partition coefficient (Wildman–Crippen LogP) is 4.16. The molecule has 6 heteroatoms. The first-order valence-corrected chi connectivity index (χ1v) is 8.34. The molecule has 0 spiro atoms. The molecule has 0 fully saturated rings. The van der Waals surface area contributed by atoms with Crippen LogP contribution < -0.4 is 0 Å². The SMILES string of the molecule is O=C(OCc1ncc(-c2ccccc2)o1)c1cncnc1-c1ccccc1. The van der Waals surface area contributed by atoms with Crippen molar-refractivity contribution in [1.29, 1.82) is 0 Å². The number of aromatic nitrogens is 3. The summed E-state index contributed by atoms with van der Waals surface area (Å²) in [5, 5.41) is 0. The van der Waals surface area contributed by atoms with E-state index in [4.69, 9.17) is 9.15 Å². The molecule has 0 amide bonds. The third kappa shape index (κ3) is 3.74. The van der Waals surface area contributed by atoms with Crippen molar-refractivity contribution in [3.8, 4) is 22.6 Å². The number of esters is 1. The van der Waals surface area contributed by atoms with Crippen molar-refractivity contribution < 1.29 is 13.9 Å². The second-order valence-electron chi connectivity index (χ2n) is 5.71. The standard InChI is InChI=1S/C21H15N3O3/c25-21(17-11-22-14-24-20(17)16-9-5-2-6-10-16)26-13-19-23-12-18(27-19)15-7-3-1-4-8-15/h1-12,14H,13H2. The van der Waals surface area contributed by atoms with E-state index in [-0.39, 0.29) is 6.61 Å². The Morgan fingerprint density at radius 3 is 2.33 bits per heavy atom. The number of hydrogen-bond donors (Lipinski definition) is 0. The first-order chi connectivity index (χ1) is 13.3. The van der Waals surface area contributed by atoms with Gasteiger partial charge in [0.2, 0.25) is 5.89 Å². The quantitative estimate of drug-likeness (QED) is 0.499. The van der Waals surface area contributed by atoms with Crippen LogP contribution in [0.3, 0.4) is 0 Å². The van der Waals surface area contributed by atoms with Crippen LogP contribution in [0, 0.1) is 0 Å². The minimum atomic E-state index is -0.533. The molecule has 4 aromatic rings. The van der Waals surface area contributed by atoms with Gasteiger partial charge in [-0.2, -0.15) is 0 Å². The van der Waals surface area contributed by atoms with E-state index in [0.29, 0.717) is 22.9 Å². The number of carbonyl (C=O) groups excluding carboxylic acids is 1. The van der Waals surface area contributed by atoms with Crippen molar-refractivity contribution in [2.75, 3.05) is 0 Å². The summed E-state index contributed by atoms with van der Waals surface area (Å²) in [6.45, 7) is -0.0746. The van der Waals surface area contributed by atoms with Gasteiger partial charge < -0.3 is 9.15 Å². The summed E-state index contributed by atoms with van der Waals surface area (Å²) in [5.74, 6) is 0.406. The van der Waals surface area contributed by atoms with Crippen LogP contribution in [0.4, 0.5) is 0 Å². The monoisotopic (exact) mass is 357 g/mol. The third-order valence-electron chi connectivity index (χ3n) is 3.92. The summed E-state index contributed by atoms with van der Waals surface area (Å²) in [6, 6.07) is 19.0. The number of rotatable bonds is 5. The smallest absolute Gasteiger partial charge is 0.342 e. The van der Waals surface area contributed by atoms with Crippen LogP contribution in [0.15, 0.2) is 83.8 Å². The van der Waals surface area contributed by atoms with Gasteiger partial charge in [-0.05, 0) is 0 Å². The van der Waals surface area contributed by atoms with Crippen LogP contribution in [0.25, 0.3) is 22.6 Å².